The molecule has 0 heterocycles. The van der Waals surface area contributed by atoms with Crippen LogP contribution in [0.2, 0.25) is 0 Å². The van der Waals surface area contributed by atoms with Gasteiger partial charge < -0.3 is 19.3 Å². The predicted octanol–water partition coefficient (Wildman–Crippen LogP) is 1.27. The summed E-state index contributed by atoms with van der Waals surface area (Å²) in [5.41, 5.74) is 1.08. The van der Waals surface area contributed by atoms with Crippen LogP contribution in [0.1, 0.15) is 5.56 Å². The summed E-state index contributed by atoms with van der Waals surface area (Å²) in [5.74, 6) is -0.448. The first kappa shape index (κ1) is 16.4. The van der Waals surface area contributed by atoms with Crippen LogP contribution in [-0.4, -0.2) is 50.7 Å². The highest BCUT2D eigenvalue weighted by Gasteiger charge is 2.09. The average molecular weight is 280 g/mol. The minimum Gasteiger partial charge on any atom is -0.460 e. The van der Waals surface area contributed by atoms with E-state index in [1.165, 1.54) is 0 Å². The molecule has 0 aliphatic heterocycles. The van der Waals surface area contributed by atoms with Crippen LogP contribution >= 0.6 is 0 Å². The lowest BCUT2D eigenvalue weighted by Crippen LogP contribution is -2.14. The largest absolute Gasteiger partial charge is 0.460 e. The van der Waals surface area contributed by atoms with Crippen molar-refractivity contribution >= 4 is 11.5 Å². The topological polar surface area (TPSA) is 65.0 Å². The van der Waals surface area contributed by atoms with E-state index in [1.54, 1.807) is 12.1 Å². The molecule has 0 fully saturated rings. The summed E-state index contributed by atoms with van der Waals surface area (Å²) in [5, 5.41) is 8.48. The van der Waals surface area contributed by atoms with Gasteiger partial charge in [0.05, 0.1) is 38.6 Å². The molecule has 1 aromatic rings. The summed E-state index contributed by atoms with van der Waals surface area (Å²) in [7, 11) is 0. The number of rotatable bonds is 10. The Bertz CT molecular complexity index is 402. The molecule has 0 atom stereocenters. The second kappa shape index (κ2) is 10.1. The highest BCUT2D eigenvalue weighted by molar-refractivity contribution is 6.15. The average Bonchev–Trinajstić information content (AvgIpc) is 2.50. The molecule has 0 aliphatic rings. The molecule has 20 heavy (non-hydrogen) atoms. The van der Waals surface area contributed by atoms with Gasteiger partial charge in [0.15, 0.2) is 0 Å². The Kier molecular flexibility index (Phi) is 8.30. The first-order chi connectivity index (χ1) is 9.75. The van der Waals surface area contributed by atoms with Gasteiger partial charge in [0.2, 0.25) is 0 Å². The maximum absolute atomic E-state index is 11.7. The summed E-state index contributed by atoms with van der Waals surface area (Å²) in [4.78, 5) is 11.7. The van der Waals surface area contributed by atoms with E-state index in [4.69, 9.17) is 19.3 Å². The van der Waals surface area contributed by atoms with Crippen molar-refractivity contribution in [2.45, 2.75) is 0 Å². The Morgan fingerprint density at radius 1 is 1.00 bits per heavy atom. The number of aliphatic hydroxyl groups is 1. The summed E-state index contributed by atoms with van der Waals surface area (Å²) in [6, 6.07) is 9.15. The van der Waals surface area contributed by atoms with Crippen molar-refractivity contribution in [3.8, 4) is 0 Å². The van der Waals surface area contributed by atoms with Crippen LogP contribution < -0.4 is 0 Å². The highest BCUT2D eigenvalue weighted by atomic mass is 16.6. The predicted molar refractivity (Wildman–Crippen MR) is 75.2 cm³/mol. The minimum atomic E-state index is -0.448. The standard InChI is InChI=1S/C15H20O5/c1-13(14-5-3-2-4-6-14)15(17)20-12-11-19-10-9-18-8-7-16/h2-6,16H,1,7-12H2. The third kappa shape index (κ3) is 6.47. The third-order valence-electron chi connectivity index (χ3n) is 2.44. The van der Waals surface area contributed by atoms with Crippen molar-refractivity contribution in [3.63, 3.8) is 0 Å². The van der Waals surface area contributed by atoms with E-state index in [0.717, 1.165) is 5.56 Å². The van der Waals surface area contributed by atoms with E-state index in [2.05, 4.69) is 6.58 Å². The zero-order valence-electron chi connectivity index (χ0n) is 11.4. The van der Waals surface area contributed by atoms with Crippen molar-refractivity contribution in [1.29, 1.82) is 0 Å². The lowest BCUT2D eigenvalue weighted by atomic mass is 10.1. The molecule has 0 aromatic heterocycles. The quantitative estimate of drug-likeness (QED) is 0.397. The smallest absolute Gasteiger partial charge is 0.338 e. The highest BCUT2D eigenvalue weighted by Crippen LogP contribution is 2.12. The van der Waals surface area contributed by atoms with E-state index in [0.29, 0.717) is 32.0 Å². The Morgan fingerprint density at radius 2 is 1.60 bits per heavy atom. The van der Waals surface area contributed by atoms with Crippen molar-refractivity contribution in [3.05, 3.63) is 42.5 Å². The molecule has 0 bridgehead atoms. The Balaban J connectivity index is 2.10. The van der Waals surface area contributed by atoms with E-state index in [1.807, 2.05) is 18.2 Å². The molecule has 0 saturated carbocycles. The monoisotopic (exact) mass is 280 g/mol. The normalized spacial score (nSPS) is 10.2. The molecular formula is C15H20O5. The second-order valence-corrected chi connectivity index (χ2v) is 3.93. The van der Waals surface area contributed by atoms with Gasteiger partial charge in [0.1, 0.15) is 6.61 Å². The number of benzene rings is 1. The summed E-state index contributed by atoms with van der Waals surface area (Å²) < 4.78 is 15.3. The molecule has 1 aromatic carbocycles. The summed E-state index contributed by atoms with van der Waals surface area (Å²) in [6.45, 7) is 5.30. The Labute approximate surface area is 118 Å². The summed E-state index contributed by atoms with van der Waals surface area (Å²) in [6.07, 6.45) is 0. The first-order valence-electron chi connectivity index (χ1n) is 6.43. The maximum Gasteiger partial charge on any atom is 0.338 e. The van der Waals surface area contributed by atoms with E-state index in [-0.39, 0.29) is 13.2 Å². The van der Waals surface area contributed by atoms with Gasteiger partial charge in [-0.15, -0.1) is 0 Å². The van der Waals surface area contributed by atoms with Gasteiger partial charge in [0.25, 0.3) is 0 Å². The van der Waals surface area contributed by atoms with Crippen LogP contribution in [0.3, 0.4) is 0 Å². The fourth-order valence-corrected chi connectivity index (χ4v) is 1.42. The number of carbonyl (C=O) groups excluding carboxylic acids is 1. The number of aliphatic hydroxyl groups excluding tert-OH is 1. The molecule has 0 amide bonds. The van der Waals surface area contributed by atoms with E-state index < -0.39 is 5.97 Å². The second-order valence-electron chi connectivity index (χ2n) is 3.93. The van der Waals surface area contributed by atoms with Crippen LogP contribution in [0, 0.1) is 0 Å². The van der Waals surface area contributed by atoms with Crippen molar-refractivity contribution < 1.29 is 24.1 Å². The van der Waals surface area contributed by atoms with Crippen LogP contribution in [0.5, 0.6) is 0 Å². The first-order valence-corrected chi connectivity index (χ1v) is 6.43. The zero-order valence-corrected chi connectivity index (χ0v) is 11.4. The van der Waals surface area contributed by atoms with E-state index >= 15 is 0 Å². The molecule has 1 rings (SSSR count). The van der Waals surface area contributed by atoms with E-state index in [9.17, 15) is 4.79 Å². The minimum absolute atomic E-state index is 0.000783. The molecular weight excluding hydrogens is 260 g/mol. The van der Waals surface area contributed by atoms with Crippen LogP contribution in [-0.2, 0) is 19.0 Å². The summed E-state index contributed by atoms with van der Waals surface area (Å²) >= 11 is 0. The lowest BCUT2D eigenvalue weighted by molar-refractivity contribution is -0.138. The van der Waals surface area contributed by atoms with Gasteiger partial charge >= 0.3 is 5.97 Å². The molecule has 5 heteroatoms. The van der Waals surface area contributed by atoms with Gasteiger partial charge in [-0.2, -0.15) is 0 Å². The molecule has 0 saturated heterocycles. The fourth-order valence-electron chi connectivity index (χ4n) is 1.42. The molecule has 1 N–H and O–H groups in total. The molecule has 0 unspecified atom stereocenters. The molecule has 0 aliphatic carbocycles. The van der Waals surface area contributed by atoms with Crippen LogP contribution in [0.25, 0.3) is 5.57 Å². The fraction of sp³-hybridized carbons (Fsp3) is 0.400. The molecule has 110 valence electrons. The van der Waals surface area contributed by atoms with Gasteiger partial charge in [-0.3, -0.25) is 0 Å². The van der Waals surface area contributed by atoms with Crippen LogP contribution in [0.15, 0.2) is 36.9 Å². The van der Waals surface area contributed by atoms with Crippen molar-refractivity contribution in [2.24, 2.45) is 0 Å². The Morgan fingerprint density at radius 3 is 2.25 bits per heavy atom. The Hall–Kier alpha value is -1.69. The maximum atomic E-state index is 11.7. The third-order valence-corrected chi connectivity index (χ3v) is 2.44. The SMILES string of the molecule is C=C(C(=O)OCCOCCOCCO)c1ccccc1. The molecule has 0 spiro atoms. The number of hydrogen-bond donors (Lipinski definition) is 1. The lowest BCUT2D eigenvalue weighted by Gasteiger charge is -2.08. The van der Waals surface area contributed by atoms with Crippen LogP contribution in [0.4, 0.5) is 0 Å². The van der Waals surface area contributed by atoms with Gasteiger partial charge in [0, 0.05) is 0 Å². The number of ether oxygens (including phenoxy) is 3. The molecule has 5 nitrogen and oxygen atoms in total. The van der Waals surface area contributed by atoms with Gasteiger partial charge in [-0.1, -0.05) is 36.9 Å². The van der Waals surface area contributed by atoms with Crippen molar-refractivity contribution in [2.75, 3.05) is 39.6 Å². The number of carbonyl (C=O) groups is 1. The zero-order chi connectivity index (χ0) is 14.6. The van der Waals surface area contributed by atoms with Gasteiger partial charge in [-0.25, -0.2) is 4.79 Å². The molecule has 0 radical (unpaired) electrons. The number of hydrogen-bond acceptors (Lipinski definition) is 5. The van der Waals surface area contributed by atoms with Gasteiger partial charge in [-0.05, 0) is 5.56 Å². The van der Waals surface area contributed by atoms with Crippen molar-refractivity contribution in [1.82, 2.24) is 0 Å². The number of esters is 1.